The summed E-state index contributed by atoms with van der Waals surface area (Å²) in [6, 6.07) is 8.71. The highest BCUT2D eigenvalue weighted by atomic mass is 16.5. The van der Waals surface area contributed by atoms with Crippen molar-refractivity contribution in [2.45, 2.75) is 65.8 Å². The first-order valence-corrected chi connectivity index (χ1v) is 11.1. The largest absolute Gasteiger partial charge is 0.465 e. The smallest absolute Gasteiger partial charge is 0.339 e. The van der Waals surface area contributed by atoms with E-state index >= 15 is 0 Å². The first-order valence-electron chi connectivity index (χ1n) is 11.1. The van der Waals surface area contributed by atoms with Crippen molar-refractivity contribution in [2.24, 2.45) is 0 Å². The third-order valence-electron chi connectivity index (χ3n) is 5.51. The fourth-order valence-electron chi connectivity index (χ4n) is 3.87. The van der Waals surface area contributed by atoms with Gasteiger partial charge in [-0.05, 0) is 45.4 Å². The number of aryl methyl sites for hydroxylation is 2. The third kappa shape index (κ3) is 4.95. The van der Waals surface area contributed by atoms with E-state index in [1.807, 2.05) is 26.8 Å². The normalized spacial score (nSPS) is 12.0. The number of nitrogens with zero attached hydrogens (tertiary/aromatic N) is 5. The molecule has 8 heteroatoms. The fraction of sp³-hybridized carbons (Fsp3) is 0.458. The van der Waals surface area contributed by atoms with E-state index in [2.05, 4.69) is 22.0 Å². The van der Waals surface area contributed by atoms with Gasteiger partial charge in [0.2, 0.25) is 5.82 Å². The van der Waals surface area contributed by atoms with Gasteiger partial charge in [-0.15, -0.1) is 5.10 Å². The zero-order valence-corrected chi connectivity index (χ0v) is 19.5. The van der Waals surface area contributed by atoms with Crippen molar-refractivity contribution in [3.63, 3.8) is 0 Å². The molecular weight excluding hydrogens is 406 g/mol. The standard InChI is InChI=1S/C24H31N5O3/c1-6-7-8-9-12-17(3)28(20-14-11-10-13-19(20)23(31)32-5)22(30)21-26-24-25-16(2)15-18(4)29(24)27-21/h10-11,13-15,17H,6-9,12H2,1-5H3/t17-/m1/s1. The van der Waals surface area contributed by atoms with Crippen LogP contribution in [0.5, 0.6) is 0 Å². The zero-order valence-electron chi connectivity index (χ0n) is 19.5. The highest BCUT2D eigenvalue weighted by molar-refractivity contribution is 6.08. The van der Waals surface area contributed by atoms with E-state index in [4.69, 9.17) is 4.74 Å². The molecule has 0 aliphatic rings. The van der Waals surface area contributed by atoms with Crippen LogP contribution in [0.1, 0.15) is 78.3 Å². The van der Waals surface area contributed by atoms with Crippen LogP contribution in [-0.2, 0) is 4.74 Å². The number of rotatable bonds is 9. The number of esters is 1. The number of hydrogen-bond acceptors (Lipinski definition) is 6. The number of methoxy groups -OCH3 is 1. The molecule has 3 rings (SSSR count). The van der Waals surface area contributed by atoms with E-state index < -0.39 is 5.97 Å². The van der Waals surface area contributed by atoms with Crippen LogP contribution in [0, 0.1) is 13.8 Å². The molecule has 1 aromatic carbocycles. The Labute approximate surface area is 188 Å². The van der Waals surface area contributed by atoms with Crippen LogP contribution in [0.3, 0.4) is 0 Å². The van der Waals surface area contributed by atoms with Crippen LogP contribution in [0.25, 0.3) is 5.78 Å². The fourth-order valence-corrected chi connectivity index (χ4v) is 3.87. The predicted octanol–water partition coefficient (Wildman–Crippen LogP) is 4.53. The van der Waals surface area contributed by atoms with Gasteiger partial charge in [-0.2, -0.15) is 4.98 Å². The predicted molar refractivity (Wildman–Crippen MR) is 123 cm³/mol. The molecule has 0 aliphatic carbocycles. The minimum Gasteiger partial charge on any atom is -0.465 e. The molecule has 0 bridgehead atoms. The summed E-state index contributed by atoms with van der Waals surface area (Å²) in [5, 5.41) is 4.42. The number of fused-ring (bicyclic) bond motifs is 1. The molecule has 32 heavy (non-hydrogen) atoms. The molecule has 1 atom stereocenters. The Morgan fingerprint density at radius 1 is 1.12 bits per heavy atom. The highest BCUT2D eigenvalue weighted by Crippen LogP contribution is 2.27. The number of carbonyl (C=O) groups is 2. The topological polar surface area (TPSA) is 89.7 Å². The van der Waals surface area contributed by atoms with Crippen LogP contribution in [0.15, 0.2) is 30.3 Å². The molecule has 0 unspecified atom stereocenters. The Morgan fingerprint density at radius 2 is 1.88 bits per heavy atom. The quantitative estimate of drug-likeness (QED) is 0.361. The summed E-state index contributed by atoms with van der Waals surface area (Å²) in [5.41, 5.74) is 2.47. The number of amides is 1. The number of unbranched alkanes of at least 4 members (excludes halogenated alkanes) is 3. The molecule has 170 valence electrons. The number of hydrogen-bond donors (Lipinski definition) is 0. The van der Waals surface area contributed by atoms with E-state index in [1.54, 1.807) is 33.7 Å². The molecule has 8 nitrogen and oxygen atoms in total. The van der Waals surface area contributed by atoms with Crippen molar-refractivity contribution in [3.8, 4) is 0 Å². The van der Waals surface area contributed by atoms with Gasteiger partial charge in [0.05, 0.1) is 18.4 Å². The van der Waals surface area contributed by atoms with Gasteiger partial charge in [0, 0.05) is 17.4 Å². The maximum absolute atomic E-state index is 13.7. The van der Waals surface area contributed by atoms with Crippen LogP contribution in [0.4, 0.5) is 5.69 Å². The molecular formula is C24H31N5O3. The number of aromatic nitrogens is 4. The molecule has 0 saturated heterocycles. The van der Waals surface area contributed by atoms with Gasteiger partial charge in [0.15, 0.2) is 0 Å². The van der Waals surface area contributed by atoms with Crippen molar-refractivity contribution < 1.29 is 14.3 Å². The van der Waals surface area contributed by atoms with Crippen LogP contribution in [-0.4, -0.2) is 44.6 Å². The average Bonchev–Trinajstić information content (AvgIpc) is 3.21. The van der Waals surface area contributed by atoms with Gasteiger partial charge < -0.3 is 9.64 Å². The summed E-state index contributed by atoms with van der Waals surface area (Å²) in [7, 11) is 1.33. The average molecular weight is 438 g/mol. The molecule has 0 fully saturated rings. The Bertz CT molecular complexity index is 1110. The van der Waals surface area contributed by atoms with Crippen LogP contribution < -0.4 is 4.90 Å². The summed E-state index contributed by atoms with van der Waals surface area (Å²) in [6.45, 7) is 7.92. The minimum absolute atomic E-state index is 0.0475. The molecule has 0 radical (unpaired) electrons. The number of benzene rings is 1. The van der Waals surface area contributed by atoms with Gasteiger partial charge in [-0.1, -0.05) is 44.7 Å². The second-order valence-electron chi connectivity index (χ2n) is 8.07. The first-order chi connectivity index (χ1) is 15.4. The van der Waals surface area contributed by atoms with E-state index in [1.165, 1.54) is 7.11 Å². The number of anilines is 1. The van der Waals surface area contributed by atoms with Crippen molar-refractivity contribution in [2.75, 3.05) is 12.0 Å². The van der Waals surface area contributed by atoms with Crippen molar-refractivity contribution in [3.05, 3.63) is 53.1 Å². The van der Waals surface area contributed by atoms with Crippen LogP contribution >= 0.6 is 0 Å². The monoisotopic (exact) mass is 437 g/mol. The molecule has 0 spiro atoms. The molecule has 0 aliphatic heterocycles. The van der Waals surface area contributed by atoms with Gasteiger partial charge in [-0.25, -0.2) is 14.3 Å². The zero-order chi connectivity index (χ0) is 23.3. The Balaban J connectivity index is 2.04. The number of ether oxygens (including phenoxy) is 1. The highest BCUT2D eigenvalue weighted by Gasteiger charge is 2.30. The van der Waals surface area contributed by atoms with E-state index in [-0.39, 0.29) is 17.8 Å². The minimum atomic E-state index is -0.493. The van der Waals surface area contributed by atoms with E-state index in [9.17, 15) is 9.59 Å². The second kappa shape index (κ2) is 10.3. The van der Waals surface area contributed by atoms with Gasteiger partial charge in [0.1, 0.15) is 0 Å². The molecule has 0 N–H and O–H groups in total. The summed E-state index contributed by atoms with van der Waals surface area (Å²) in [6.07, 6.45) is 5.16. The lowest BCUT2D eigenvalue weighted by Gasteiger charge is -2.30. The maximum Gasteiger partial charge on any atom is 0.339 e. The second-order valence-corrected chi connectivity index (χ2v) is 8.07. The number of carbonyl (C=O) groups excluding carboxylic acids is 2. The molecule has 2 heterocycles. The summed E-state index contributed by atoms with van der Waals surface area (Å²) in [4.78, 5) is 36.6. The lowest BCUT2D eigenvalue weighted by Crippen LogP contribution is -2.40. The van der Waals surface area contributed by atoms with E-state index in [0.29, 0.717) is 17.0 Å². The lowest BCUT2D eigenvalue weighted by molar-refractivity contribution is 0.0601. The van der Waals surface area contributed by atoms with Crippen LogP contribution in [0.2, 0.25) is 0 Å². The van der Waals surface area contributed by atoms with Gasteiger partial charge in [0.25, 0.3) is 11.7 Å². The summed E-state index contributed by atoms with van der Waals surface area (Å²) >= 11 is 0. The van der Waals surface area contributed by atoms with Crippen molar-refractivity contribution in [1.29, 1.82) is 0 Å². The van der Waals surface area contributed by atoms with Gasteiger partial charge in [-0.3, -0.25) is 4.79 Å². The molecule has 3 aromatic rings. The Hall–Kier alpha value is -3.29. The molecule has 0 saturated carbocycles. The summed E-state index contributed by atoms with van der Waals surface area (Å²) < 4.78 is 6.53. The number of para-hydroxylation sites is 1. The van der Waals surface area contributed by atoms with Gasteiger partial charge >= 0.3 is 5.97 Å². The molecule has 1 amide bonds. The Morgan fingerprint density at radius 3 is 2.59 bits per heavy atom. The molecule has 2 aromatic heterocycles. The first kappa shape index (κ1) is 23.4. The lowest BCUT2D eigenvalue weighted by atomic mass is 10.0. The van der Waals surface area contributed by atoms with E-state index in [0.717, 1.165) is 43.5 Å². The third-order valence-corrected chi connectivity index (χ3v) is 5.51. The SMILES string of the molecule is CCCCCC[C@@H](C)N(C(=O)c1nc2nc(C)cc(C)n2n1)c1ccccc1C(=O)OC. The Kier molecular flexibility index (Phi) is 7.56. The van der Waals surface area contributed by atoms with Crippen molar-refractivity contribution >= 4 is 23.3 Å². The summed E-state index contributed by atoms with van der Waals surface area (Å²) in [5.74, 6) is -0.437. The van der Waals surface area contributed by atoms with Crippen molar-refractivity contribution in [1.82, 2.24) is 19.6 Å². The maximum atomic E-state index is 13.7.